The number of hydrogen-bond acceptors (Lipinski definition) is 4. The van der Waals surface area contributed by atoms with Crippen LogP contribution < -0.4 is 5.32 Å². The third-order valence-corrected chi connectivity index (χ3v) is 3.58. The van der Waals surface area contributed by atoms with Gasteiger partial charge in [0.05, 0.1) is 17.1 Å². The van der Waals surface area contributed by atoms with Gasteiger partial charge in [0.2, 0.25) is 0 Å². The quantitative estimate of drug-likeness (QED) is 0.781. The van der Waals surface area contributed by atoms with Crippen molar-refractivity contribution < 1.29 is 0 Å². The molecule has 0 radical (unpaired) electrons. The zero-order valence-corrected chi connectivity index (χ0v) is 12.3. The van der Waals surface area contributed by atoms with Crippen LogP contribution in [0.4, 0.5) is 0 Å². The van der Waals surface area contributed by atoms with E-state index in [1.165, 1.54) is 0 Å². The van der Waals surface area contributed by atoms with E-state index in [0.717, 1.165) is 35.5 Å². The van der Waals surface area contributed by atoms with Crippen LogP contribution in [0.25, 0.3) is 11.0 Å². The van der Waals surface area contributed by atoms with Crippen molar-refractivity contribution in [3.8, 4) is 0 Å². The largest absolute Gasteiger partial charge is 0.334 e. The van der Waals surface area contributed by atoms with E-state index in [1.54, 1.807) is 12.4 Å². The van der Waals surface area contributed by atoms with Gasteiger partial charge in [-0.3, -0.25) is 9.97 Å². The second-order valence-corrected chi connectivity index (χ2v) is 4.87. The van der Waals surface area contributed by atoms with E-state index in [-0.39, 0.29) is 6.04 Å². The average molecular weight is 281 g/mol. The summed E-state index contributed by atoms with van der Waals surface area (Å²) in [6, 6.07) is 6.27. The lowest BCUT2D eigenvalue weighted by Crippen LogP contribution is -2.25. The summed E-state index contributed by atoms with van der Waals surface area (Å²) >= 11 is 0. The normalized spacial score (nSPS) is 12.7. The number of hydrogen-bond donors (Lipinski definition) is 1. The van der Waals surface area contributed by atoms with Gasteiger partial charge in [-0.25, -0.2) is 4.98 Å². The lowest BCUT2D eigenvalue weighted by atomic mass is 10.0. The Hall–Kier alpha value is -2.27. The maximum atomic E-state index is 4.53. The molecule has 1 unspecified atom stereocenters. The Morgan fingerprint density at radius 3 is 2.62 bits per heavy atom. The zero-order chi connectivity index (χ0) is 14.7. The predicted molar refractivity (Wildman–Crippen MR) is 83.0 cm³/mol. The summed E-state index contributed by atoms with van der Waals surface area (Å²) in [5, 5.41) is 3.51. The molecule has 0 amide bonds. The summed E-state index contributed by atoms with van der Waals surface area (Å²) in [7, 11) is 0. The monoisotopic (exact) mass is 281 g/mol. The third kappa shape index (κ3) is 2.64. The molecule has 0 bridgehead atoms. The summed E-state index contributed by atoms with van der Waals surface area (Å²) < 4.78 is 2.16. The lowest BCUT2D eigenvalue weighted by molar-refractivity contribution is 0.559. The van der Waals surface area contributed by atoms with Crippen LogP contribution in [0.5, 0.6) is 0 Å². The minimum Gasteiger partial charge on any atom is -0.334 e. The maximum absolute atomic E-state index is 4.53. The SMILES string of the molecule is CCNC(c1ccc2nccnc2c1)c1nccn1CC. The summed E-state index contributed by atoms with van der Waals surface area (Å²) in [6.45, 7) is 6.01. The number of rotatable bonds is 5. The first kappa shape index (κ1) is 13.7. The fourth-order valence-electron chi connectivity index (χ4n) is 2.57. The second-order valence-electron chi connectivity index (χ2n) is 4.87. The van der Waals surface area contributed by atoms with E-state index in [2.05, 4.69) is 50.8 Å². The Morgan fingerprint density at radius 2 is 1.86 bits per heavy atom. The van der Waals surface area contributed by atoms with Gasteiger partial charge in [0, 0.05) is 31.3 Å². The van der Waals surface area contributed by atoms with Gasteiger partial charge < -0.3 is 9.88 Å². The van der Waals surface area contributed by atoms with Crippen LogP contribution in [0.2, 0.25) is 0 Å². The molecule has 1 atom stereocenters. The number of nitrogens with zero attached hydrogens (tertiary/aromatic N) is 4. The summed E-state index contributed by atoms with van der Waals surface area (Å²) in [5.41, 5.74) is 2.98. The highest BCUT2D eigenvalue weighted by Gasteiger charge is 2.18. The number of fused-ring (bicyclic) bond motifs is 1. The van der Waals surface area contributed by atoms with Crippen LogP contribution >= 0.6 is 0 Å². The summed E-state index contributed by atoms with van der Waals surface area (Å²) in [6.07, 6.45) is 7.31. The standard InChI is InChI=1S/C16H19N5/c1-3-17-15(16-20-9-10-21(16)4-2)12-5-6-13-14(11-12)19-8-7-18-13/h5-11,15,17H,3-4H2,1-2H3. The molecular weight excluding hydrogens is 262 g/mol. The number of imidazole rings is 1. The Balaban J connectivity index is 2.06. The molecule has 3 rings (SSSR count). The van der Waals surface area contributed by atoms with Gasteiger partial charge in [0.15, 0.2) is 0 Å². The van der Waals surface area contributed by atoms with Crippen molar-refractivity contribution in [2.75, 3.05) is 6.54 Å². The molecule has 2 heterocycles. The van der Waals surface area contributed by atoms with Crippen LogP contribution in [0.1, 0.15) is 31.3 Å². The van der Waals surface area contributed by atoms with Crippen LogP contribution in [-0.4, -0.2) is 26.1 Å². The Kier molecular flexibility index (Phi) is 3.92. The first-order chi connectivity index (χ1) is 10.3. The topological polar surface area (TPSA) is 55.6 Å². The molecule has 0 spiro atoms. The number of aryl methyl sites for hydroxylation is 1. The van der Waals surface area contributed by atoms with Crippen LogP contribution in [0.3, 0.4) is 0 Å². The molecule has 2 aromatic heterocycles. The highest BCUT2D eigenvalue weighted by Crippen LogP contribution is 2.23. The van der Waals surface area contributed by atoms with Crippen molar-refractivity contribution in [3.63, 3.8) is 0 Å². The van der Waals surface area contributed by atoms with Crippen molar-refractivity contribution in [1.82, 2.24) is 24.8 Å². The van der Waals surface area contributed by atoms with Crippen LogP contribution in [-0.2, 0) is 6.54 Å². The Morgan fingerprint density at radius 1 is 1.05 bits per heavy atom. The fourth-order valence-corrected chi connectivity index (χ4v) is 2.57. The van der Waals surface area contributed by atoms with Gasteiger partial charge in [-0.2, -0.15) is 0 Å². The molecule has 5 heteroatoms. The predicted octanol–water partition coefficient (Wildman–Crippen LogP) is 2.55. The molecule has 0 aliphatic heterocycles. The van der Waals surface area contributed by atoms with Gasteiger partial charge in [-0.1, -0.05) is 13.0 Å². The molecule has 5 nitrogen and oxygen atoms in total. The van der Waals surface area contributed by atoms with Crippen molar-refractivity contribution in [2.24, 2.45) is 0 Å². The van der Waals surface area contributed by atoms with Gasteiger partial charge in [-0.05, 0) is 31.2 Å². The van der Waals surface area contributed by atoms with Crippen molar-refractivity contribution >= 4 is 11.0 Å². The Bertz CT molecular complexity index is 734. The minimum atomic E-state index is 0.0661. The van der Waals surface area contributed by atoms with Crippen molar-refractivity contribution in [1.29, 1.82) is 0 Å². The van der Waals surface area contributed by atoms with E-state index >= 15 is 0 Å². The molecule has 108 valence electrons. The van der Waals surface area contributed by atoms with Crippen LogP contribution in [0.15, 0.2) is 43.0 Å². The number of nitrogens with one attached hydrogen (secondary N) is 1. The third-order valence-electron chi connectivity index (χ3n) is 3.58. The van der Waals surface area contributed by atoms with E-state index in [0.29, 0.717) is 0 Å². The molecule has 3 aromatic rings. The number of aromatic nitrogens is 4. The Labute approximate surface area is 124 Å². The minimum absolute atomic E-state index is 0.0661. The van der Waals surface area contributed by atoms with E-state index < -0.39 is 0 Å². The smallest absolute Gasteiger partial charge is 0.130 e. The zero-order valence-electron chi connectivity index (χ0n) is 12.3. The highest BCUT2D eigenvalue weighted by molar-refractivity contribution is 5.74. The molecule has 0 aliphatic carbocycles. The molecule has 0 saturated heterocycles. The van der Waals surface area contributed by atoms with Gasteiger partial charge in [-0.15, -0.1) is 0 Å². The molecule has 1 aromatic carbocycles. The van der Waals surface area contributed by atoms with E-state index in [1.807, 2.05) is 18.5 Å². The first-order valence-electron chi connectivity index (χ1n) is 7.28. The first-order valence-corrected chi connectivity index (χ1v) is 7.28. The highest BCUT2D eigenvalue weighted by atomic mass is 15.1. The second kappa shape index (κ2) is 6.01. The van der Waals surface area contributed by atoms with Crippen LogP contribution in [0, 0.1) is 0 Å². The summed E-state index contributed by atoms with van der Waals surface area (Å²) in [5.74, 6) is 1.03. The molecule has 0 saturated carbocycles. The molecule has 0 fully saturated rings. The summed E-state index contributed by atoms with van der Waals surface area (Å²) in [4.78, 5) is 13.2. The van der Waals surface area contributed by atoms with Gasteiger partial charge in [0.1, 0.15) is 5.82 Å². The molecule has 21 heavy (non-hydrogen) atoms. The van der Waals surface area contributed by atoms with Gasteiger partial charge in [0.25, 0.3) is 0 Å². The lowest BCUT2D eigenvalue weighted by Gasteiger charge is -2.19. The average Bonchev–Trinajstić information content (AvgIpc) is 3.00. The van der Waals surface area contributed by atoms with E-state index in [9.17, 15) is 0 Å². The van der Waals surface area contributed by atoms with E-state index in [4.69, 9.17) is 0 Å². The maximum Gasteiger partial charge on any atom is 0.130 e. The van der Waals surface area contributed by atoms with Crippen molar-refractivity contribution in [2.45, 2.75) is 26.4 Å². The fraction of sp³-hybridized carbons (Fsp3) is 0.312. The van der Waals surface area contributed by atoms with Gasteiger partial charge >= 0.3 is 0 Å². The van der Waals surface area contributed by atoms with Crippen molar-refractivity contribution in [3.05, 3.63) is 54.4 Å². The molecule has 1 N–H and O–H groups in total. The molecule has 0 aliphatic rings. The number of benzene rings is 1. The molecular formula is C16H19N5.